The van der Waals surface area contributed by atoms with Crippen molar-refractivity contribution in [1.29, 1.82) is 0 Å². The van der Waals surface area contributed by atoms with Crippen LogP contribution in [0.15, 0.2) is 0 Å². The van der Waals surface area contributed by atoms with E-state index in [1.54, 1.807) is 0 Å². The third-order valence-electron chi connectivity index (χ3n) is 2.95. The van der Waals surface area contributed by atoms with Crippen molar-refractivity contribution in [3.05, 3.63) is 0 Å². The Bertz CT molecular complexity index is 181. The standard InChI is InChI=1S/C8H15NO2/c1-5-4-8(5,2)6(9)3-7(10)11/h5-6H,3-4,9H2,1-2H3,(H,10,11). The van der Waals surface area contributed by atoms with Gasteiger partial charge in [0.2, 0.25) is 0 Å². The van der Waals surface area contributed by atoms with E-state index in [2.05, 4.69) is 13.8 Å². The summed E-state index contributed by atoms with van der Waals surface area (Å²) < 4.78 is 0. The molecule has 0 aromatic rings. The number of carbonyl (C=O) groups is 1. The van der Waals surface area contributed by atoms with Gasteiger partial charge in [-0.05, 0) is 17.8 Å². The molecule has 0 heterocycles. The van der Waals surface area contributed by atoms with Gasteiger partial charge in [0.05, 0.1) is 6.42 Å². The summed E-state index contributed by atoms with van der Waals surface area (Å²) >= 11 is 0. The molecule has 0 saturated heterocycles. The molecule has 0 radical (unpaired) electrons. The molecule has 0 amide bonds. The second-order valence-corrected chi connectivity index (χ2v) is 3.82. The lowest BCUT2D eigenvalue weighted by atomic mass is 9.94. The Morgan fingerprint density at radius 2 is 2.36 bits per heavy atom. The van der Waals surface area contributed by atoms with E-state index in [-0.39, 0.29) is 17.9 Å². The van der Waals surface area contributed by atoms with E-state index in [9.17, 15) is 4.79 Å². The summed E-state index contributed by atoms with van der Waals surface area (Å²) in [6.07, 6.45) is 1.17. The van der Waals surface area contributed by atoms with Crippen molar-refractivity contribution in [1.82, 2.24) is 0 Å². The molecule has 0 bridgehead atoms. The first-order valence-electron chi connectivity index (χ1n) is 3.94. The van der Waals surface area contributed by atoms with E-state index in [1.807, 2.05) is 0 Å². The third kappa shape index (κ3) is 1.53. The molecule has 64 valence electrons. The summed E-state index contributed by atoms with van der Waals surface area (Å²) in [6.45, 7) is 4.17. The molecule has 1 aliphatic rings. The van der Waals surface area contributed by atoms with Gasteiger partial charge in [0, 0.05) is 6.04 Å². The van der Waals surface area contributed by atoms with Crippen LogP contribution in [0, 0.1) is 11.3 Å². The second-order valence-electron chi connectivity index (χ2n) is 3.82. The topological polar surface area (TPSA) is 63.3 Å². The molecular weight excluding hydrogens is 142 g/mol. The fraction of sp³-hybridized carbons (Fsp3) is 0.875. The largest absolute Gasteiger partial charge is 0.481 e. The fourth-order valence-electron chi connectivity index (χ4n) is 1.54. The van der Waals surface area contributed by atoms with E-state index in [0.29, 0.717) is 5.92 Å². The van der Waals surface area contributed by atoms with Gasteiger partial charge in [-0.15, -0.1) is 0 Å². The first-order chi connectivity index (χ1) is 4.97. The van der Waals surface area contributed by atoms with Crippen LogP contribution in [-0.2, 0) is 4.79 Å². The van der Waals surface area contributed by atoms with E-state index in [0.717, 1.165) is 6.42 Å². The zero-order valence-electron chi connectivity index (χ0n) is 7.00. The molecule has 1 saturated carbocycles. The number of carboxylic acid groups (broad SMARTS) is 1. The molecule has 0 aromatic heterocycles. The summed E-state index contributed by atoms with van der Waals surface area (Å²) in [5.41, 5.74) is 5.82. The van der Waals surface area contributed by atoms with Crippen molar-refractivity contribution in [2.24, 2.45) is 17.1 Å². The summed E-state index contributed by atoms with van der Waals surface area (Å²) in [5, 5.41) is 8.48. The number of nitrogens with two attached hydrogens (primary N) is 1. The Morgan fingerprint density at radius 3 is 2.64 bits per heavy atom. The fourth-order valence-corrected chi connectivity index (χ4v) is 1.54. The maximum Gasteiger partial charge on any atom is 0.304 e. The Labute approximate surface area is 66.6 Å². The molecule has 1 aliphatic carbocycles. The van der Waals surface area contributed by atoms with Crippen LogP contribution >= 0.6 is 0 Å². The average molecular weight is 157 g/mol. The molecule has 3 N–H and O–H groups in total. The molecular formula is C8H15NO2. The molecule has 3 atom stereocenters. The highest BCUT2D eigenvalue weighted by molar-refractivity contribution is 5.67. The summed E-state index contributed by atoms with van der Waals surface area (Å²) in [5.74, 6) is -0.199. The lowest BCUT2D eigenvalue weighted by molar-refractivity contribution is -0.137. The normalized spacial score (nSPS) is 38.3. The summed E-state index contributed by atoms with van der Waals surface area (Å²) in [4.78, 5) is 10.3. The minimum absolute atomic E-state index is 0.0956. The highest BCUT2D eigenvalue weighted by Gasteiger charge is 2.51. The molecule has 1 rings (SSSR count). The number of hydrogen-bond donors (Lipinski definition) is 2. The molecule has 1 fully saturated rings. The molecule has 0 aliphatic heterocycles. The summed E-state index contributed by atoms with van der Waals surface area (Å²) in [6, 6.07) is -0.171. The Morgan fingerprint density at radius 1 is 1.91 bits per heavy atom. The molecule has 3 unspecified atom stereocenters. The number of carboxylic acids is 1. The van der Waals surface area contributed by atoms with Gasteiger partial charge in [0.1, 0.15) is 0 Å². The van der Waals surface area contributed by atoms with E-state index in [4.69, 9.17) is 10.8 Å². The van der Waals surface area contributed by atoms with E-state index in [1.165, 1.54) is 0 Å². The third-order valence-corrected chi connectivity index (χ3v) is 2.95. The van der Waals surface area contributed by atoms with Crippen LogP contribution in [-0.4, -0.2) is 17.1 Å². The lowest BCUT2D eigenvalue weighted by Gasteiger charge is -2.17. The van der Waals surface area contributed by atoms with Crippen LogP contribution in [0.4, 0.5) is 0 Å². The maximum atomic E-state index is 10.3. The lowest BCUT2D eigenvalue weighted by Crippen LogP contribution is -2.33. The van der Waals surface area contributed by atoms with Gasteiger partial charge in [-0.1, -0.05) is 13.8 Å². The van der Waals surface area contributed by atoms with Gasteiger partial charge in [0.15, 0.2) is 0 Å². The second kappa shape index (κ2) is 2.48. The highest BCUT2D eigenvalue weighted by Crippen LogP contribution is 2.54. The Kier molecular flexibility index (Phi) is 1.92. The molecule has 0 spiro atoms. The zero-order chi connectivity index (χ0) is 8.65. The number of aliphatic carboxylic acids is 1. The monoisotopic (exact) mass is 157 g/mol. The molecule has 3 heteroatoms. The molecule has 11 heavy (non-hydrogen) atoms. The van der Waals surface area contributed by atoms with Crippen LogP contribution in [0.25, 0.3) is 0 Å². The minimum Gasteiger partial charge on any atom is -0.481 e. The highest BCUT2D eigenvalue weighted by atomic mass is 16.4. The van der Waals surface area contributed by atoms with Crippen molar-refractivity contribution in [3.8, 4) is 0 Å². The zero-order valence-corrected chi connectivity index (χ0v) is 7.00. The smallest absolute Gasteiger partial charge is 0.304 e. The van der Waals surface area contributed by atoms with Gasteiger partial charge in [-0.3, -0.25) is 4.79 Å². The van der Waals surface area contributed by atoms with Gasteiger partial charge in [-0.25, -0.2) is 0 Å². The predicted octanol–water partition coefficient (Wildman–Crippen LogP) is 0.835. The maximum absolute atomic E-state index is 10.3. The number of rotatable bonds is 3. The van der Waals surface area contributed by atoms with Gasteiger partial charge < -0.3 is 10.8 Å². The Balaban J connectivity index is 2.43. The molecule has 0 aromatic carbocycles. The minimum atomic E-state index is -0.794. The number of hydrogen-bond acceptors (Lipinski definition) is 2. The van der Waals surface area contributed by atoms with E-state index < -0.39 is 5.97 Å². The molecule has 3 nitrogen and oxygen atoms in total. The van der Waals surface area contributed by atoms with E-state index >= 15 is 0 Å². The van der Waals surface area contributed by atoms with Gasteiger partial charge >= 0.3 is 5.97 Å². The van der Waals surface area contributed by atoms with Crippen LogP contribution in [0.2, 0.25) is 0 Å². The SMILES string of the molecule is CC1CC1(C)C(N)CC(=O)O. The summed E-state index contributed by atoms with van der Waals surface area (Å²) in [7, 11) is 0. The van der Waals surface area contributed by atoms with Crippen LogP contribution in [0.3, 0.4) is 0 Å². The van der Waals surface area contributed by atoms with Crippen molar-refractivity contribution < 1.29 is 9.90 Å². The Hall–Kier alpha value is -0.570. The quantitative estimate of drug-likeness (QED) is 0.638. The van der Waals surface area contributed by atoms with Crippen LogP contribution < -0.4 is 5.73 Å². The average Bonchev–Trinajstić information content (AvgIpc) is 2.40. The van der Waals surface area contributed by atoms with Crippen molar-refractivity contribution in [2.45, 2.75) is 32.7 Å². The first kappa shape index (κ1) is 8.53. The first-order valence-corrected chi connectivity index (χ1v) is 3.94. The van der Waals surface area contributed by atoms with Crippen molar-refractivity contribution in [3.63, 3.8) is 0 Å². The predicted molar refractivity (Wildman–Crippen MR) is 42.1 cm³/mol. The van der Waals surface area contributed by atoms with Crippen molar-refractivity contribution in [2.75, 3.05) is 0 Å². The van der Waals surface area contributed by atoms with Crippen molar-refractivity contribution >= 4 is 5.97 Å². The van der Waals surface area contributed by atoms with Crippen LogP contribution in [0.1, 0.15) is 26.7 Å². The van der Waals surface area contributed by atoms with Gasteiger partial charge in [-0.2, -0.15) is 0 Å². The van der Waals surface area contributed by atoms with Crippen LogP contribution in [0.5, 0.6) is 0 Å². The van der Waals surface area contributed by atoms with Gasteiger partial charge in [0.25, 0.3) is 0 Å².